The van der Waals surface area contributed by atoms with E-state index in [1.54, 1.807) is 16.8 Å². The highest BCUT2D eigenvalue weighted by Crippen LogP contribution is 2.32. The number of amides is 1. The maximum Gasteiger partial charge on any atom is 0.273 e. The third kappa shape index (κ3) is 2.61. The van der Waals surface area contributed by atoms with Crippen LogP contribution in [-0.2, 0) is 6.54 Å². The highest BCUT2D eigenvalue weighted by molar-refractivity contribution is 7.09. The summed E-state index contributed by atoms with van der Waals surface area (Å²) in [5.41, 5.74) is 2.32. The van der Waals surface area contributed by atoms with E-state index < -0.39 is 0 Å². The predicted molar refractivity (Wildman–Crippen MR) is 82.4 cm³/mol. The van der Waals surface area contributed by atoms with Gasteiger partial charge in [0.25, 0.3) is 5.91 Å². The van der Waals surface area contributed by atoms with Crippen molar-refractivity contribution in [3.05, 3.63) is 33.2 Å². The quantitative estimate of drug-likeness (QED) is 0.865. The molecule has 0 N–H and O–H groups in total. The highest BCUT2D eigenvalue weighted by atomic mass is 32.1. The summed E-state index contributed by atoms with van der Waals surface area (Å²) in [5.74, 6) is 1.30. The minimum atomic E-state index is 0.0946. The molecule has 0 radical (unpaired) electrons. The van der Waals surface area contributed by atoms with Gasteiger partial charge in [0.2, 0.25) is 0 Å². The van der Waals surface area contributed by atoms with Crippen LogP contribution in [0.3, 0.4) is 0 Å². The number of carbonyl (C=O) groups excluding carboxylic acids is 1. The number of likely N-dealkylation sites (tertiary alicyclic amines) is 2. The van der Waals surface area contributed by atoms with E-state index in [-0.39, 0.29) is 5.91 Å². The summed E-state index contributed by atoms with van der Waals surface area (Å²) in [5, 5.41) is 5.05. The summed E-state index contributed by atoms with van der Waals surface area (Å²) >= 11 is 3.20. The number of hydrogen-bond donors (Lipinski definition) is 0. The standard InChI is InChI=1S/C14H16N4OS2/c19-14(12-8-20-9-16-12)18-5-10-3-17(4-11(10)6-18)7-13-15-1-2-21-13/h1-2,8-11H,3-7H2/t10-,11+. The van der Waals surface area contributed by atoms with Crippen molar-refractivity contribution < 1.29 is 4.79 Å². The number of nitrogens with zero attached hydrogens (tertiary/aromatic N) is 4. The van der Waals surface area contributed by atoms with Crippen LogP contribution < -0.4 is 0 Å². The topological polar surface area (TPSA) is 49.3 Å². The molecule has 4 heterocycles. The molecule has 2 aromatic rings. The van der Waals surface area contributed by atoms with Crippen LogP contribution in [0.4, 0.5) is 0 Å². The van der Waals surface area contributed by atoms with Crippen LogP contribution >= 0.6 is 22.7 Å². The van der Waals surface area contributed by atoms with Crippen LogP contribution in [0.2, 0.25) is 0 Å². The van der Waals surface area contributed by atoms with Crippen molar-refractivity contribution in [1.29, 1.82) is 0 Å². The highest BCUT2D eigenvalue weighted by Gasteiger charge is 2.41. The van der Waals surface area contributed by atoms with Crippen molar-refractivity contribution in [1.82, 2.24) is 19.8 Å². The molecule has 0 aliphatic carbocycles. The molecule has 2 saturated heterocycles. The van der Waals surface area contributed by atoms with Gasteiger partial charge < -0.3 is 4.90 Å². The second-order valence-electron chi connectivity index (χ2n) is 5.72. The zero-order valence-corrected chi connectivity index (χ0v) is 13.1. The van der Waals surface area contributed by atoms with Crippen LogP contribution in [0.5, 0.6) is 0 Å². The van der Waals surface area contributed by atoms with Gasteiger partial charge in [0.1, 0.15) is 10.7 Å². The van der Waals surface area contributed by atoms with Gasteiger partial charge in [-0.3, -0.25) is 9.69 Å². The molecule has 2 atom stereocenters. The summed E-state index contributed by atoms with van der Waals surface area (Å²) in [7, 11) is 0. The van der Waals surface area contributed by atoms with Crippen LogP contribution in [0.15, 0.2) is 22.5 Å². The summed E-state index contributed by atoms with van der Waals surface area (Å²) in [6, 6.07) is 0. The predicted octanol–water partition coefficient (Wildman–Crippen LogP) is 1.80. The van der Waals surface area contributed by atoms with Crippen LogP contribution in [0.25, 0.3) is 0 Å². The molecule has 2 fully saturated rings. The minimum absolute atomic E-state index is 0.0946. The summed E-state index contributed by atoms with van der Waals surface area (Å²) in [4.78, 5) is 25.3. The molecule has 2 aromatic heterocycles. The van der Waals surface area contributed by atoms with E-state index in [9.17, 15) is 4.79 Å². The fraction of sp³-hybridized carbons (Fsp3) is 0.500. The number of hydrogen-bond acceptors (Lipinski definition) is 6. The van der Waals surface area contributed by atoms with E-state index in [0.717, 1.165) is 32.7 Å². The van der Waals surface area contributed by atoms with Gasteiger partial charge in [-0.15, -0.1) is 22.7 Å². The van der Waals surface area contributed by atoms with Crippen molar-refractivity contribution in [2.75, 3.05) is 26.2 Å². The van der Waals surface area contributed by atoms with E-state index in [1.165, 1.54) is 16.3 Å². The second-order valence-corrected chi connectivity index (χ2v) is 7.42. The minimum Gasteiger partial charge on any atom is -0.337 e. The monoisotopic (exact) mass is 320 g/mol. The summed E-state index contributed by atoms with van der Waals surface area (Å²) < 4.78 is 0. The second kappa shape index (κ2) is 5.47. The zero-order chi connectivity index (χ0) is 14.2. The third-order valence-corrected chi connectivity index (χ3v) is 5.69. The Bertz CT molecular complexity index is 599. The number of carbonyl (C=O) groups is 1. The first-order chi connectivity index (χ1) is 10.3. The molecule has 0 spiro atoms. The number of thiazole rings is 2. The maximum atomic E-state index is 12.3. The molecule has 5 nitrogen and oxygen atoms in total. The van der Waals surface area contributed by atoms with Crippen molar-refractivity contribution in [2.45, 2.75) is 6.54 Å². The molecule has 2 aliphatic rings. The molecule has 2 aliphatic heterocycles. The lowest BCUT2D eigenvalue weighted by molar-refractivity contribution is 0.0768. The zero-order valence-electron chi connectivity index (χ0n) is 11.5. The first kappa shape index (κ1) is 13.4. The van der Waals surface area contributed by atoms with Gasteiger partial charge in [-0.05, 0) is 11.8 Å². The van der Waals surface area contributed by atoms with Gasteiger partial charge in [0, 0.05) is 43.1 Å². The molecule has 7 heteroatoms. The molecule has 1 amide bonds. The normalized spacial score (nSPS) is 25.4. The summed E-state index contributed by atoms with van der Waals surface area (Å²) in [6.07, 6.45) is 1.87. The summed E-state index contributed by atoms with van der Waals surface area (Å²) in [6.45, 7) is 4.84. The van der Waals surface area contributed by atoms with Crippen LogP contribution in [0.1, 0.15) is 15.5 Å². The third-order valence-electron chi connectivity index (χ3n) is 4.34. The van der Waals surface area contributed by atoms with Gasteiger partial charge in [-0.2, -0.15) is 0 Å². The van der Waals surface area contributed by atoms with Crippen molar-refractivity contribution in [3.63, 3.8) is 0 Å². The molecule has 110 valence electrons. The largest absolute Gasteiger partial charge is 0.337 e. The molecular formula is C14H16N4OS2. The number of aromatic nitrogens is 2. The van der Waals surface area contributed by atoms with Crippen LogP contribution in [0, 0.1) is 11.8 Å². The van der Waals surface area contributed by atoms with Crippen molar-refractivity contribution >= 4 is 28.6 Å². The molecule has 4 rings (SSSR count). The molecule has 0 unspecified atom stereocenters. The molecule has 21 heavy (non-hydrogen) atoms. The van der Waals surface area contributed by atoms with Gasteiger partial charge in [0.05, 0.1) is 12.1 Å². The number of fused-ring (bicyclic) bond motifs is 1. The van der Waals surface area contributed by atoms with E-state index in [0.29, 0.717) is 17.5 Å². The van der Waals surface area contributed by atoms with Gasteiger partial charge in [0.15, 0.2) is 0 Å². The first-order valence-electron chi connectivity index (χ1n) is 7.08. The molecule has 0 bridgehead atoms. The lowest BCUT2D eigenvalue weighted by Crippen LogP contribution is -2.33. The van der Waals surface area contributed by atoms with E-state index in [1.807, 2.05) is 21.9 Å². The van der Waals surface area contributed by atoms with Gasteiger partial charge >= 0.3 is 0 Å². The van der Waals surface area contributed by atoms with Crippen molar-refractivity contribution in [3.8, 4) is 0 Å². The Morgan fingerprint density at radius 3 is 2.67 bits per heavy atom. The Balaban J connectivity index is 1.36. The fourth-order valence-electron chi connectivity index (χ4n) is 3.39. The van der Waals surface area contributed by atoms with Crippen LogP contribution in [-0.4, -0.2) is 51.9 Å². The SMILES string of the molecule is O=C(c1cscn1)N1C[C@H]2CN(Cc3nccs3)C[C@H]2C1. The Morgan fingerprint density at radius 2 is 2.05 bits per heavy atom. The van der Waals surface area contributed by atoms with Gasteiger partial charge in [-0.25, -0.2) is 9.97 Å². The van der Waals surface area contributed by atoms with E-state index in [4.69, 9.17) is 0 Å². The lowest BCUT2D eigenvalue weighted by atomic mass is 10.0. The Hall–Kier alpha value is -1.31. The Morgan fingerprint density at radius 1 is 1.24 bits per heavy atom. The van der Waals surface area contributed by atoms with Gasteiger partial charge in [-0.1, -0.05) is 0 Å². The maximum absolute atomic E-state index is 12.3. The molecule has 0 aromatic carbocycles. The average Bonchev–Trinajstić information content (AvgIpc) is 3.23. The van der Waals surface area contributed by atoms with E-state index in [2.05, 4.69) is 14.9 Å². The molecule has 0 saturated carbocycles. The smallest absolute Gasteiger partial charge is 0.273 e. The Kier molecular flexibility index (Phi) is 3.48. The lowest BCUT2D eigenvalue weighted by Gasteiger charge is -2.20. The van der Waals surface area contributed by atoms with Crippen molar-refractivity contribution in [2.24, 2.45) is 11.8 Å². The number of rotatable bonds is 3. The fourth-order valence-corrected chi connectivity index (χ4v) is 4.57. The van der Waals surface area contributed by atoms with E-state index >= 15 is 0 Å². The Labute approximate surface area is 131 Å². The first-order valence-corrected chi connectivity index (χ1v) is 8.90. The molecular weight excluding hydrogens is 304 g/mol. The average molecular weight is 320 g/mol.